The van der Waals surface area contributed by atoms with E-state index in [0.717, 1.165) is 38.9 Å². The molecule has 2 N–H and O–H groups in total. The van der Waals surface area contributed by atoms with Gasteiger partial charge in [-0.25, -0.2) is 4.79 Å². The molecule has 1 aliphatic heterocycles. The van der Waals surface area contributed by atoms with Crippen molar-refractivity contribution in [2.24, 2.45) is 23.2 Å². The topological polar surface area (TPSA) is 72.9 Å². The second-order valence-corrected chi connectivity index (χ2v) is 11.5. The Morgan fingerprint density at radius 2 is 1.88 bits per heavy atom. The number of amides is 2. The Labute approximate surface area is 199 Å². The number of hydrogen-bond donors (Lipinski definition) is 2. The Bertz CT molecular complexity index is 792. The van der Waals surface area contributed by atoms with Gasteiger partial charge in [0, 0.05) is 32.2 Å². The average Bonchev–Trinajstić information content (AvgIpc) is 3.28. The lowest BCUT2D eigenvalue weighted by molar-refractivity contribution is -0.127. The third-order valence-corrected chi connectivity index (χ3v) is 7.36. The maximum Gasteiger partial charge on any atom is 0.407 e. The molecule has 6 heteroatoms. The summed E-state index contributed by atoms with van der Waals surface area (Å²) in [5, 5.41) is 13.1. The fraction of sp³-hybridized carbons (Fsp3) is 0.704. The molecule has 0 radical (unpaired) electrons. The average molecular weight is 458 g/mol. The first kappa shape index (κ1) is 25.5. The van der Waals surface area contributed by atoms with Gasteiger partial charge in [-0.2, -0.15) is 0 Å². The molecule has 0 bridgehead atoms. The molecule has 1 heterocycles. The van der Waals surface area contributed by atoms with E-state index in [-0.39, 0.29) is 23.3 Å². The SMILES string of the molecule is CCN(C(=O)O)[C@@H](CC(C)CC(C)(C)C)C(=O)N[C@H]1CC[C@@H]2CN(Cc3ccccc3)C[C@@H]21. The Kier molecular flexibility index (Phi) is 8.43. The third kappa shape index (κ3) is 6.95. The number of nitrogens with one attached hydrogen (secondary N) is 1. The van der Waals surface area contributed by atoms with Crippen LogP contribution in [0.15, 0.2) is 30.3 Å². The number of carbonyl (C=O) groups is 2. The zero-order valence-electron chi connectivity index (χ0n) is 21.1. The van der Waals surface area contributed by atoms with Crippen LogP contribution in [0, 0.1) is 23.2 Å². The molecule has 33 heavy (non-hydrogen) atoms. The Balaban J connectivity index is 1.64. The molecule has 1 aromatic rings. The molecule has 5 atom stereocenters. The fourth-order valence-electron chi connectivity index (χ4n) is 6.16. The van der Waals surface area contributed by atoms with Crippen molar-refractivity contribution in [2.75, 3.05) is 19.6 Å². The van der Waals surface area contributed by atoms with Crippen LogP contribution in [-0.4, -0.2) is 58.6 Å². The van der Waals surface area contributed by atoms with Crippen LogP contribution >= 0.6 is 0 Å². The highest BCUT2D eigenvalue weighted by Gasteiger charge is 2.44. The number of likely N-dealkylation sites (tertiary alicyclic amines) is 1. The molecule has 1 saturated carbocycles. The quantitative estimate of drug-likeness (QED) is 0.556. The van der Waals surface area contributed by atoms with Crippen LogP contribution < -0.4 is 5.32 Å². The Morgan fingerprint density at radius 3 is 2.48 bits per heavy atom. The van der Waals surface area contributed by atoms with Crippen molar-refractivity contribution >= 4 is 12.0 Å². The van der Waals surface area contributed by atoms with E-state index in [4.69, 9.17) is 0 Å². The zero-order valence-corrected chi connectivity index (χ0v) is 21.1. The van der Waals surface area contributed by atoms with Crippen molar-refractivity contribution in [3.05, 3.63) is 35.9 Å². The highest BCUT2D eigenvalue weighted by atomic mass is 16.4. The van der Waals surface area contributed by atoms with Gasteiger partial charge < -0.3 is 10.4 Å². The number of nitrogens with zero attached hydrogens (tertiary/aromatic N) is 2. The molecular weight excluding hydrogens is 414 g/mol. The smallest absolute Gasteiger partial charge is 0.407 e. The molecule has 1 saturated heterocycles. The lowest BCUT2D eigenvalue weighted by Crippen LogP contribution is -2.53. The van der Waals surface area contributed by atoms with Gasteiger partial charge in [-0.1, -0.05) is 58.0 Å². The minimum atomic E-state index is -1.01. The van der Waals surface area contributed by atoms with E-state index in [9.17, 15) is 14.7 Å². The molecule has 2 amide bonds. The van der Waals surface area contributed by atoms with Crippen molar-refractivity contribution < 1.29 is 14.7 Å². The first-order valence-corrected chi connectivity index (χ1v) is 12.6. The standard InChI is InChI=1S/C27H43N3O3/c1-6-30(26(32)33)24(14-19(2)15-27(3,4)5)25(31)28-23-13-12-21-17-29(18-22(21)23)16-20-10-8-7-9-11-20/h7-11,19,21-24H,6,12-18H2,1-5H3,(H,28,31)(H,32,33)/t19?,21-,22+,23+,24+/m1/s1. The third-order valence-electron chi connectivity index (χ3n) is 7.36. The molecule has 1 aliphatic carbocycles. The Hall–Kier alpha value is -2.08. The minimum Gasteiger partial charge on any atom is -0.465 e. The minimum absolute atomic E-state index is 0.118. The van der Waals surface area contributed by atoms with E-state index in [1.165, 1.54) is 10.5 Å². The maximum atomic E-state index is 13.4. The molecule has 0 aromatic heterocycles. The van der Waals surface area contributed by atoms with Gasteiger partial charge in [0.2, 0.25) is 5.91 Å². The van der Waals surface area contributed by atoms with Crippen molar-refractivity contribution in [3.63, 3.8) is 0 Å². The van der Waals surface area contributed by atoms with E-state index in [2.05, 4.69) is 62.2 Å². The summed E-state index contributed by atoms with van der Waals surface area (Å²) >= 11 is 0. The maximum absolute atomic E-state index is 13.4. The molecule has 1 aromatic carbocycles. The summed E-state index contributed by atoms with van der Waals surface area (Å²) in [7, 11) is 0. The summed E-state index contributed by atoms with van der Waals surface area (Å²) in [5.74, 6) is 1.20. The summed E-state index contributed by atoms with van der Waals surface area (Å²) < 4.78 is 0. The molecule has 1 unspecified atom stereocenters. The lowest BCUT2D eigenvalue weighted by atomic mass is 9.82. The fourth-order valence-corrected chi connectivity index (χ4v) is 6.16. The molecule has 3 rings (SSSR count). The molecule has 2 fully saturated rings. The van der Waals surface area contributed by atoms with Gasteiger partial charge in [-0.3, -0.25) is 14.6 Å². The molecule has 6 nitrogen and oxygen atoms in total. The molecule has 0 spiro atoms. The number of hydrogen-bond acceptors (Lipinski definition) is 3. The largest absolute Gasteiger partial charge is 0.465 e. The predicted molar refractivity (Wildman–Crippen MR) is 132 cm³/mol. The van der Waals surface area contributed by atoms with Gasteiger partial charge >= 0.3 is 6.09 Å². The van der Waals surface area contributed by atoms with Crippen molar-refractivity contribution in [1.82, 2.24) is 15.1 Å². The Morgan fingerprint density at radius 1 is 1.18 bits per heavy atom. The van der Waals surface area contributed by atoms with Gasteiger partial charge in [0.25, 0.3) is 0 Å². The normalized spacial score (nSPS) is 24.8. The van der Waals surface area contributed by atoms with E-state index < -0.39 is 12.1 Å². The van der Waals surface area contributed by atoms with Crippen LogP contribution in [0.25, 0.3) is 0 Å². The molecule has 2 aliphatic rings. The number of benzene rings is 1. The zero-order chi connectivity index (χ0) is 24.2. The summed E-state index contributed by atoms with van der Waals surface area (Å²) in [4.78, 5) is 29.2. The van der Waals surface area contributed by atoms with Gasteiger partial charge in [-0.15, -0.1) is 0 Å². The second-order valence-electron chi connectivity index (χ2n) is 11.5. The van der Waals surface area contributed by atoms with Gasteiger partial charge in [0.1, 0.15) is 6.04 Å². The first-order chi connectivity index (χ1) is 15.6. The second kappa shape index (κ2) is 10.9. The van der Waals surface area contributed by atoms with E-state index >= 15 is 0 Å². The number of carboxylic acid groups (broad SMARTS) is 1. The highest BCUT2D eigenvalue weighted by Crippen LogP contribution is 2.39. The van der Waals surface area contributed by atoms with E-state index in [1.807, 2.05) is 13.0 Å². The number of carbonyl (C=O) groups excluding carboxylic acids is 1. The number of fused-ring (bicyclic) bond motifs is 1. The van der Waals surface area contributed by atoms with Crippen LogP contribution in [0.1, 0.15) is 65.9 Å². The first-order valence-electron chi connectivity index (χ1n) is 12.6. The van der Waals surface area contributed by atoms with Gasteiger partial charge in [-0.05, 0) is 61.3 Å². The van der Waals surface area contributed by atoms with Crippen molar-refractivity contribution in [1.29, 1.82) is 0 Å². The van der Waals surface area contributed by atoms with Crippen molar-refractivity contribution in [3.8, 4) is 0 Å². The predicted octanol–water partition coefficient (Wildman–Crippen LogP) is 4.84. The lowest BCUT2D eigenvalue weighted by Gasteiger charge is -2.33. The molecular formula is C27H43N3O3. The van der Waals surface area contributed by atoms with Gasteiger partial charge in [0.15, 0.2) is 0 Å². The molecule has 184 valence electrons. The van der Waals surface area contributed by atoms with Crippen molar-refractivity contribution in [2.45, 2.75) is 78.9 Å². The van der Waals surface area contributed by atoms with Crippen LogP contribution in [0.3, 0.4) is 0 Å². The highest BCUT2D eigenvalue weighted by molar-refractivity contribution is 5.85. The van der Waals surface area contributed by atoms with E-state index in [0.29, 0.717) is 24.8 Å². The summed E-state index contributed by atoms with van der Waals surface area (Å²) in [6, 6.07) is 10.0. The van der Waals surface area contributed by atoms with Crippen LogP contribution in [0.5, 0.6) is 0 Å². The summed E-state index contributed by atoms with van der Waals surface area (Å²) in [6.07, 6.45) is 2.62. The van der Waals surface area contributed by atoms with Crippen LogP contribution in [0.4, 0.5) is 4.79 Å². The number of rotatable bonds is 9. The van der Waals surface area contributed by atoms with E-state index in [1.54, 1.807) is 0 Å². The summed E-state index contributed by atoms with van der Waals surface area (Å²) in [5.41, 5.74) is 1.47. The van der Waals surface area contributed by atoms with Gasteiger partial charge in [0.05, 0.1) is 0 Å². The number of likely N-dealkylation sites (N-methyl/N-ethyl adjacent to an activating group) is 1. The monoisotopic (exact) mass is 457 g/mol. The van der Waals surface area contributed by atoms with Crippen LogP contribution in [0.2, 0.25) is 0 Å². The summed E-state index contributed by atoms with van der Waals surface area (Å²) in [6.45, 7) is 13.8. The van der Waals surface area contributed by atoms with Crippen LogP contribution in [-0.2, 0) is 11.3 Å².